The summed E-state index contributed by atoms with van der Waals surface area (Å²) in [5.41, 5.74) is 2.19. The molecule has 100 valence electrons. The van der Waals surface area contributed by atoms with Crippen molar-refractivity contribution in [2.75, 3.05) is 38.1 Å². The van der Waals surface area contributed by atoms with Gasteiger partial charge in [0.25, 0.3) is 0 Å². The maximum atomic E-state index is 9.59. The smallest absolute Gasteiger partial charge is 0.0762 e. The Balaban J connectivity index is 2.17. The van der Waals surface area contributed by atoms with Crippen LogP contribution in [0.2, 0.25) is 0 Å². The molecule has 0 bridgehead atoms. The Morgan fingerprint density at radius 1 is 1.22 bits per heavy atom. The maximum Gasteiger partial charge on any atom is 0.0762 e. The second-order valence-corrected chi connectivity index (χ2v) is 5.89. The zero-order valence-corrected chi connectivity index (χ0v) is 12.7. The second-order valence-electron chi connectivity index (χ2n) is 5.03. The molecule has 0 amide bonds. The van der Waals surface area contributed by atoms with E-state index in [1.807, 2.05) is 12.1 Å². The largest absolute Gasteiger partial charge is 0.389 e. The standard InChI is InChI=1S/C14H21BrN2O/c1-11(18)12-4-5-14(13(15)10-12)17-7-3-6-16(2)8-9-17/h4-5,10-11,18H,3,6-9H2,1-2H3. The summed E-state index contributed by atoms with van der Waals surface area (Å²) in [6, 6.07) is 6.14. The molecule has 1 atom stereocenters. The van der Waals surface area contributed by atoms with Crippen molar-refractivity contribution in [2.24, 2.45) is 0 Å². The number of likely N-dealkylation sites (N-methyl/N-ethyl adjacent to an activating group) is 1. The Bertz CT molecular complexity index is 409. The van der Waals surface area contributed by atoms with Gasteiger partial charge in [0.2, 0.25) is 0 Å². The van der Waals surface area contributed by atoms with Crippen LogP contribution in [0.1, 0.15) is 25.0 Å². The van der Waals surface area contributed by atoms with Gasteiger partial charge in [0.15, 0.2) is 0 Å². The number of benzene rings is 1. The van der Waals surface area contributed by atoms with E-state index in [0.29, 0.717) is 0 Å². The molecule has 1 N–H and O–H groups in total. The van der Waals surface area contributed by atoms with Crippen LogP contribution in [0.3, 0.4) is 0 Å². The first kappa shape index (κ1) is 13.8. The minimum atomic E-state index is -0.411. The van der Waals surface area contributed by atoms with Gasteiger partial charge in [0.1, 0.15) is 0 Å². The number of hydrogen-bond donors (Lipinski definition) is 1. The molecule has 3 nitrogen and oxygen atoms in total. The zero-order chi connectivity index (χ0) is 13.1. The van der Waals surface area contributed by atoms with E-state index in [4.69, 9.17) is 0 Å². The Morgan fingerprint density at radius 3 is 2.67 bits per heavy atom. The summed E-state index contributed by atoms with van der Waals surface area (Å²) in [4.78, 5) is 4.79. The van der Waals surface area contributed by atoms with Crippen molar-refractivity contribution in [3.05, 3.63) is 28.2 Å². The molecule has 1 unspecified atom stereocenters. The summed E-state index contributed by atoms with van der Waals surface area (Å²) in [6.07, 6.45) is 0.784. The first-order valence-corrected chi connectivity index (χ1v) is 7.28. The van der Waals surface area contributed by atoms with Crippen molar-refractivity contribution in [2.45, 2.75) is 19.4 Å². The van der Waals surface area contributed by atoms with Crippen molar-refractivity contribution >= 4 is 21.6 Å². The molecule has 1 saturated heterocycles. The van der Waals surface area contributed by atoms with Gasteiger partial charge >= 0.3 is 0 Å². The highest BCUT2D eigenvalue weighted by atomic mass is 79.9. The van der Waals surface area contributed by atoms with Gasteiger partial charge in [-0.1, -0.05) is 6.07 Å². The monoisotopic (exact) mass is 312 g/mol. The molecule has 2 rings (SSSR count). The molecule has 1 fully saturated rings. The minimum Gasteiger partial charge on any atom is -0.389 e. The topological polar surface area (TPSA) is 26.7 Å². The van der Waals surface area contributed by atoms with Crippen molar-refractivity contribution < 1.29 is 5.11 Å². The van der Waals surface area contributed by atoms with Crippen molar-refractivity contribution in [3.63, 3.8) is 0 Å². The average Bonchev–Trinajstić information content (AvgIpc) is 2.54. The number of aliphatic hydroxyl groups excluding tert-OH is 1. The fourth-order valence-corrected chi connectivity index (χ4v) is 2.97. The van der Waals surface area contributed by atoms with Crippen LogP contribution in [0.15, 0.2) is 22.7 Å². The third-order valence-corrected chi connectivity index (χ3v) is 4.15. The van der Waals surface area contributed by atoms with Gasteiger partial charge in [-0.3, -0.25) is 0 Å². The molecule has 4 heteroatoms. The lowest BCUT2D eigenvalue weighted by Crippen LogP contribution is -2.28. The summed E-state index contributed by atoms with van der Waals surface area (Å²) < 4.78 is 1.07. The summed E-state index contributed by atoms with van der Waals surface area (Å²) in [6.45, 7) is 6.22. The maximum absolute atomic E-state index is 9.59. The van der Waals surface area contributed by atoms with Gasteiger partial charge in [-0.25, -0.2) is 0 Å². The molecule has 0 spiro atoms. The molecule has 18 heavy (non-hydrogen) atoms. The number of rotatable bonds is 2. The number of halogens is 1. The third-order valence-electron chi connectivity index (χ3n) is 3.51. The van der Waals surface area contributed by atoms with Crippen molar-refractivity contribution in [1.82, 2.24) is 4.90 Å². The second kappa shape index (κ2) is 6.04. The number of anilines is 1. The molecule has 1 aliphatic rings. The van der Waals surface area contributed by atoms with Gasteiger partial charge < -0.3 is 14.9 Å². The van der Waals surface area contributed by atoms with Crippen LogP contribution < -0.4 is 4.90 Å². The van der Waals surface area contributed by atoms with Gasteiger partial charge in [0, 0.05) is 24.1 Å². The number of hydrogen-bond acceptors (Lipinski definition) is 3. The molecular formula is C14H21BrN2O. The van der Waals surface area contributed by atoms with Gasteiger partial charge in [-0.2, -0.15) is 0 Å². The molecule has 1 heterocycles. The van der Waals surface area contributed by atoms with Crippen molar-refractivity contribution in [3.8, 4) is 0 Å². The van der Waals surface area contributed by atoms with Crippen molar-refractivity contribution in [1.29, 1.82) is 0 Å². The quantitative estimate of drug-likeness (QED) is 0.909. The van der Waals surface area contributed by atoms with Crippen LogP contribution in [0.25, 0.3) is 0 Å². The highest BCUT2D eigenvalue weighted by Gasteiger charge is 2.15. The van der Waals surface area contributed by atoms with Crippen LogP contribution in [-0.2, 0) is 0 Å². The van der Waals surface area contributed by atoms with E-state index < -0.39 is 6.10 Å². The van der Waals surface area contributed by atoms with E-state index >= 15 is 0 Å². The van der Waals surface area contributed by atoms with Gasteiger partial charge in [0.05, 0.1) is 11.8 Å². The highest BCUT2D eigenvalue weighted by Crippen LogP contribution is 2.30. The van der Waals surface area contributed by atoms with Crippen LogP contribution in [0.4, 0.5) is 5.69 Å². The first-order valence-electron chi connectivity index (χ1n) is 6.49. The van der Waals surface area contributed by atoms with E-state index in [1.54, 1.807) is 6.92 Å². The summed E-state index contributed by atoms with van der Waals surface area (Å²) in [7, 11) is 2.18. The first-order chi connectivity index (χ1) is 8.58. The van der Waals surface area contributed by atoms with Crippen LogP contribution in [0, 0.1) is 0 Å². The summed E-state index contributed by atoms with van der Waals surface area (Å²) in [5.74, 6) is 0. The Hall–Kier alpha value is -0.580. The molecule has 0 radical (unpaired) electrons. The van der Waals surface area contributed by atoms with E-state index in [2.05, 4.69) is 38.8 Å². The molecule has 1 aromatic rings. The number of aliphatic hydroxyl groups is 1. The zero-order valence-electron chi connectivity index (χ0n) is 11.1. The van der Waals surface area contributed by atoms with Crippen LogP contribution >= 0.6 is 15.9 Å². The average molecular weight is 313 g/mol. The fourth-order valence-electron chi connectivity index (χ4n) is 2.33. The summed E-state index contributed by atoms with van der Waals surface area (Å²) >= 11 is 3.63. The molecule has 1 aromatic carbocycles. The van der Waals surface area contributed by atoms with Gasteiger partial charge in [-0.15, -0.1) is 0 Å². The van der Waals surface area contributed by atoms with E-state index in [9.17, 15) is 5.11 Å². The fraction of sp³-hybridized carbons (Fsp3) is 0.571. The lowest BCUT2D eigenvalue weighted by atomic mass is 10.1. The summed E-state index contributed by atoms with van der Waals surface area (Å²) in [5, 5.41) is 9.59. The molecule has 1 aliphatic heterocycles. The van der Waals surface area contributed by atoms with Crippen LogP contribution in [-0.4, -0.2) is 43.2 Å². The lowest BCUT2D eigenvalue weighted by Gasteiger charge is -2.24. The molecule has 0 saturated carbocycles. The minimum absolute atomic E-state index is 0.411. The SMILES string of the molecule is CC(O)c1ccc(N2CCCN(C)CC2)c(Br)c1. The Kier molecular flexibility index (Phi) is 4.65. The van der Waals surface area contributed by atoms with E-state index in [1.165, 1.54) is 18.7 Å². The predicted octanol–water partition coefficient (Wildman–Crippen LogP) is 2.64. The lowest BCUT2D eigenvalue weighted by molar-refractivity contribution is 0.199. The highest BCUT2D eigenvalue weighted by molar-refractivity contribution is 9.10. The molecule has 0 aliphatic carbocycles. The van der Waals surface area contributed by atoms with E-state index in [0.717, 1.165) is 29.7 Å². The van der Waals surface area contributed by atoms with E-state index in [-0.39, 0.29) is 0 Å². The normalized spacial score (nSPS) is 19.7. The van der Waals surface area contributed by atoms with Crippen LogP contribution in [0.5, 0.6) is 0 Å². The molecule has 0 aromatic heterocycles. The molecular weight excluding hydrogens is 292 g/mol. The van der Waals surface area contributed by atoms with Gasteiger partial charge in [-0.05, 0) is 60.6 Å². The number of nitrogens with zero attached hydrogens (tertiary/aromatic N) is 2. The predicted molar refractivity (Wildman–Crippen MR) is 79.1 cm³/mol. The Labute approximate surface area is 118 Å². The Morgan fingerprint density at radius 2 is 2.00 bits per heavy atom. The third kappa shape index (κ3) is 3.25.